The molecule has 1 heterocycles. The van der Waals surface area contributed by atoms with E-state index in [4.69, 9.17) is 5.73 Å². The second-order valence-electron chi connectivity index (χ2n) is 5.10. The van der Waals surface area contributed by atoms with E-state index in [9.17, 15) is 4.79 Å². The zero-order chi connectivity index (χ0) is 11.5. The molecular weight excluding hydrogens is 202 g/mol. The number of primary amides is 1. The molecule has 0 aromatic rings. The van der Waals surface area contributed by atoms with Gasteiger partial charge in [-0.05, 0) is 38.6 Å². The molecule has 2 unspecified atom stereocenters. The van der Waals surface area contributed by atoms with Crippen molar-refractivity contribution in [2.45, 2.75) is 57.2 Å². The number of hydrogen-bond acceptors (Lipinski definition) is 3. The van der Waals surface area contributed by atoms with Crippen molar-refractivity contribution in [1.82, 2.24) is 10.2 Å². The van der Waals surface area contributed by atoms with Gasteiger partial charge in [0.25, 0.3) is 0 Å². The van der Waals surface area contributed by atoms with Crippen LogP contribution in [0.3, 0.4) is 0 Å². The number of amides is 1. The Bertz CT molecular complexity index is 253. The second kappa shape index (κ2) is 5.15. The topological polar surface area (TPSA) is 58.4 Å². The lowest BCUT2D eigenvalue weighted by molar-refractivity contribution is -0.120. The fourth-order valence-electron chi connectivity index (χ4n) is 2.59. The molecule has 0 bridgehead atoms. The van der Waals surface area contributed by atoms with E-state index in [1.807, 2.05) is 0 Å². The van der Waals surface area contributed by atoms with E-state index in [-0.39, 0.29) is 11.9 Å². The minimum atomic E-state index is -0.200. The predicted molar refractivity (Wildman–Crippen MR) is 64.0 cm³/mol. The van der Waals surface area contributed by atoms with Crippen molar-refractivity contribution >= 4 is 5.91 Å². The van der Waals surface area contributed by atoms with E-state index in [0.29, 0.717) is 12.1 Å². The Morgan fingerprint density at radius 3 is 2.81 bits per heavy atom. The molecule has 92 valence electrons. The minimum absolute atomic E-state index is 0.153. The van der Waals surface area contributed by atoms with Crippen LogP contribution in [0.4, 0.5) is 0 Å². The van der Waals surface area contributed by atoms with Gasteiger partial charge in [-0.25, -0.2) is 0 Å². The molecule has 2 atom stereocenters. The Hall–Kier alpha value is -0.610. The smallest absolute Gasteiger partial charge is 0.235 e. The van der Waals surface area contributed by atoms with Gasteiger partial charge in [-0.15, -0.1) is 0 Å². The lowest BCUT2D eigenvalue weighted by atomic mass is 10.1. The number of hydrogen-bond donors (Lipinski definition) is 2. The van der Waals surface area contributed by atoms with Crippen LogP contribution in [0.25, 0.3) is 0 Å². The zero-order valence-corrected chi connectivity index (χ0v) is 10.1. The van der Waals surface area contributed by atoms with Crippen LogP contribution in [0.15, 0.2) is 0 Å². The van der Waals surface area contributed by atoms with Crippen LogP contribution in [0.2, 0.25) is 0 Å². The monoisotopic (exact) mass is 225 g/mol. The molecule has 2 aliphatic rings. The van der Waals surface area contributed by atoms with E-state index in [2.05, 4.69) is 17.1 Å². The number of carbonyl (C=O) groups is 1. The molecule has 0 radical (unpaired) electrons. The van der Waals surface area contributed by atoms with Gasteiger partial charge in [0.15, 0.2) is 0 Å². The second-order valence-corrected chi connectivity index (χ2v) is 5.10. The summed E-state index contributed by atoms with van der Waals surface area (Å²) in [5.74, 6) is -0.200. The summed E-state index contributed by atoms with van der Waals surface area (Å²) in [5, 5.41) is 3.35. The Morgan fingerprint density at radius 2 is 2.25 bits per heavy atom. The number of rotatable bonds is 6. The molecule has 1 amide bonds. The number of nitrogens with zero attached hydrogens (tertiary/aromatic N) is 1. The molecule has 2 rings (SSSR count). The van der Waals surface area contributed by atoms with Crippen molar-refractivity contribution in [1.29, 1.82) is 0 Å². The standard InChI is InChI=1S/C12H23N3O/c1-2-10-4-3-7-15(10)8-11(12(13)16)14-9-5-6-9/h9-11,14H,2-8H2,1H3,(H2,13,16). The Kier molecular flexibility index (Phi) is 3.82. The lowest BCUT2D eigenvalue weighted by Crippen LogP contribution is -2.50. The average Bonchev–Trinajstić information content (AvgIpc) is 2.95. The van der Waals surface area contributed by atoms with Gasteiger partial charge in [0.1, 0.15) is 0 Å². The maximum Gasteiger partial charge on any atom is 0.235 e. The van der Waals surface area contributed by atoms with Crippen molar-refractivity contribution in [3.05, 3.63) is 0 Å². The van der Waals surface area contributed by atoms with Crippen LogP contribution in [0, 0.1) is 0 Å². The van der Waals surface area contributed by atoms with Crippen molar-refractivity contribution < 1.29 is 4.79 Å². The highest BCUT2D eigenvalue weighted by atomic mass is 16.1. The van der Waals surface area contributed by atoms with Crippen molar-refractivity contribution in [3.8, 4) is 0 Å². The van der Waals surface area contributed by atoms with Gasteiger partial charge in [-0.1, -0.05) is 6.92 Å². The van der Waals surface area contributed by atoms with Gasteiger partial charge in [-0.3, -0.25) is 9.69 Å². The first kappa shape index (κ1) is 11.9. The molecule has 0 aromatic heterocycles. The summed E-state index contributed by atoms with van der Waals surface area (Å²) in [7, 11) is 0. The van der Waals surface area contributed by atoms with Gasteiger partial charge < -0.3 is 11.1 Å². The number of likely N-dealkylation sites (tertiary alicyclic amines) is 1. The van der Waals surface area contributed by atoms with E-state index in [1.54, 1.807) is 0 Å². The van der Waals surface area contributed by atoms with Crippen LogP contribution in [-0.4, -0.2) is 42.0 Å². The highest BCUT2D eigenvalue weighted by Gasteiger charge is 2.31. The van der Waals surface area contributed by atoms with Crippen LogP contribution < -0.4 is 11.1 Å². The summed E-state index contributed by atoms with van der Waals surface area (Å²) in [5.41, 5.74) is 5.45. The van der Waals surface area contributed by atoms with Crippen LogP contribution >= 0.6 is 0 Å². The quantitative estimate of drug-likeness (QED) is 0.691. The van der Waals surface area contributed by atoms with Gasteiger partial charge >= 0.3 is 0 Å². The third kappa shape index (κ3) is 2.95. The fraction of sp³-hybridized carbons (Fsp3) is 0.917. The van der Waals surface area contributed by atoms with Crippen molar-refractivity contribution in [2.24, 2.45) is 5.73 Å². The number of nitrogens with two attached hydrogens (primary N) is 1. The van der Waals surface area contributed by atoms with Crippen LogP contribution in [-0.2, 0) is 4.79 Å². The number of carbonyl (C=O) groups excluding carboxylic acids is 1. The first-order chi connectivity index (χ1) is 7.70. The lowest BCUT2D eigenvalue weighted by Gasteiger charge is -2.27. The Morgan fingerprint density at radius 1 is 1.50 bits per heavy atom. The van der Waals surface area contributed by atoms with Gasteiger partial charge in [0, 0.05) is 18.6 Å². The Labute approximate surface area is 97.6 Å². The summed E-state index contributed by atoms with van der Waals surface area (Å²) in [4.78, 5) is 13.8. The molecule has 1 saturated carbocycles. The summed E-state index contributed by atoms with van der Waals surface area (Å²) < 4.78 is 0. The fourth-order valence-corrected chi connectivity index (χ4v) is 2.59. The van der Waals surface area contributed by atoms with Crippen molar-refractivity contribution in [3.63, 3.8) is 0 Å². The molecule has 4 heteroatoms. The maximum absolute atomic E-state index is 11.4. The summed E-state index contributed by atoms with van der Waals surface area (Å²) in [6, 6.07) is 1.04. The van der Waals surface area contributed by atoms with E-state index < -0.39 is 0 Å². The number of nitrogens with one attached hydrogen (secondary N) is 1. The normalized spacial score (nSPS) is 28.2. The summed E-state index contributed by atoms with van der Waals surface area (Å²) in [6.45, 7) is 4.13. The highest BCUT2D eigenvalue weighted by molar-refractivity contribution is 5.80. The van der Waals surface area contributed by atoms with Gasteiger partial charge in [0.2, 0.25) is 5.91 Å². The minimum Gasteiger partial charge on any atom is -0.368 e. The van der Waals surface area contributed by atoms with Crippen LogP contribution in [0.1, 0.15) is 39.0 Å². The molecule has 1 aliphatic heterocycles. The molecule has 16 heavy (non-hydrogen) atoms. The SMILES string of the molecule is CCC1CCCN1CC(NC1CC1)C(N)=O. The van der Waals surface area contributed by atoms with E-state index >= 15 is 0 Å². The predicted octanol–water partition coefficient (Wildman–Crippen LogP) is 0.467. The third-order valence-corrected chi connectivity index (χ3v) is 3.75. The molecule has 1 aliphatic carbocycles. The first-order valence-corrected chi connectivity index (χ1v) is 6.50. The highest BCUT2D eigenvalue weighted by Crippen LogP contribution is 2.22. The molecule has 4 nitrogen and oxygen atoms in total. The molecular formula is C12H23N3O. The third-order valence-electron chi connectivity index (χ3n) is 3.75. The average molecular weight is 225 g/mol. The molecule has 2 fully saturated rings. The zero-order valence-electron chi connectivity index (χ0n) is 10.1. The van der Waals surface area contributed by atoms with E-state index in [0.717, 1.165) is 13.1 Å². The largest absolute Gasteiger partial charge is 0.368 e. The Balaban J connectivity index is 1.85. The molecule has 1 saturated heterocycles. The van der Waals surface area contributed by atoms with Gasteiger partial charge in [-0.2, -0.15) is 0 Å². The molecule has 3 N–H and O–H groups in total. The van der Waals surface area contributed by atoms with Gasteiger partial charge in [0.05, 0.1) is 6.04 Å². The first-order valence-electron chi connectivity index (χ1n) is 6.50. The van der Waals surface area contributed by atoms with Crippen LogP contribution in [0.5, 0.6) is 0 Å². The summed E-state index contributed by atoms with van der Waals surface area (Å²) in [6.07, 6.45) is 6.09. The van der Waals surface area contributed by atoms with Crippen molar-refractivity contribution in [2.75, 3.05) is 13.1 Å². The summed E-state index contributed by atoms with van der Waals surface area (Å²) >= 11 is 0. The molecule has 0 spiro atoms. The van der Waals surface area contributed by atoms with E-state index in [1.165, 1.54) is 32.1 Å². The molecule has 0 aromatic carbocycles. The maximum atomic E-state index is 11.4.